The quantitative estimate of drug-likeness (QED) is 0.695. The van der Waals surface area contributed by atoms with Crippen molar-refractivity contribution in [1.29, 1.82) is 0 Å². The number of benzene rings is 2. The van der Waals surface area contributed by atoms with Gasteiger partial charge in [0.2, 0.25) is 0 Å². The summed E-state index contributed by atoms with van der Waals surface area (Å²) in [5.41, 5.74) is 9.84. The number of anilines is 1. The summed E-state index contributed by atoms with van der Waals surface area (Å²) < 4.78 is 0. The molecule has 2 heteroatoms. The van der Waals surface area contributed by atoms with Crippen molar-refractivity contribution in [2.45, 2.75) is 6.92 Å². The molecule has 0 aliphatic carbocycles. The van der Waals surface area contributed by atoms with Crippen LogP contribution < -0.4 is 5.73 Å². The predicted molar refractivity (Wildman–Crippen MR) is 76.3 cm³/mol. The molecule has 0 aliphatic heterocycles. The maximum Gasteiger partial charge on any atom is 0.0934 e. The maximum atomic E-state index is 6.10. The van der Waals surface area contributed by atoms with E-state index in [1.54, 1.807) is 6.20 Å². The Hall–Kier alpha value is -2.35. The Bertz CT molecular complexity index is 717. The van der Waals surface area contributed by atoms with E-state index in [9.17, 15) is 0 Å². The van der Waals surface area contributed by atoms with Gasteiger partial charge in [-0.3, -0.25) is 4.98 Å². The molecule has 0 aliphatic rings. The monoisotopic (exact) mass is 234 g/mol. The molecule has 0 amide bonds. The van der Waals surface area contributed by atoms with Gasteiger partial charge in [-0.15, -0.1) is 0 Å². The first-order valence-electron chi connectivity index (χ1n) is 5.96. The average molecular weight is 234 g/mol. The van der Waals surface area contributed by atoms with Gasteiger partial charge >= 0.3 is 0 Å². The Kier molecular flexibility index (Phi) is 2.49. The Morgan fingerprint density at radius 1 is 0.944 bits per heavy atom. The molecule has 2 aromatic carbocycles. The highest BCUT2D eigenvalue weighted by Gasteiger charge is 2.06. The molecule has 0 spiro atoms. The smallest absolute Gasteiger partial charge is 0.0934 e. The van der Waals surface area contributed by atoms with Gasteiger partial charge in [0.25, 0.3) is 0 Å². The van der Waals surface area contributed by atoms with Gasteiger partial charge in [-0.2, -0.15) is 0 Å². The summed E-state index contributed by atoms with van der Waals surface area (Å²) >= 11 is 0. The zero-order valence-electron chi connectivity index (χ0n) is 10.2. The highest BCUT2D eigenvalue weighted by molar-refractivity contribution is 5.88. The normalized spacial score (nSPS) is 10.7. The summed E-state index contributed by atoms with van der Waals surface area (Å²) in [6.45, 7) is 2.00. The van der Waals surface area contributed by atoms with Crippen LogP contribution in [-0.4, -0.2) is 4.98 Å². The molecule has 0 atom stereocenters. The second-order valence-electron chi connectivity index (χ2n) is 4.45. The van der Waals surface area contributed by atoms with Crippen LogP contribution in [0, 0.1) is 6.92 Å². The third kappa shape index (κ3) is 1.72. The van der Waals surface area contributed by atoms with E-state index in [-0.39, 0.29) is 0 Å². The minimum Gasteiger partial charge on any atom is -0.397 e. The van der Waals surface area contributed by atoms with Crippen molar-refractivity contribution >= 4 is 16.5 Å². The summed E-state index contributed by atoms with van der Waals surface area (Å²) in [7, 11) is 0. The number of aryl methyl sites for hydroxylation is 1. The number of hydrogen-bond acceptors (Lipinski definition) is 2. The zero-order valence-corrected chi connectivity index (χ0v) is 10.2. The first kappa shape index (κ1) is 10.8. The number of pyridine rings is 1. The summed E-state index contributed by atoms with van der Waals surface area (Å²) in [5, 5.41) is 2.44. The van der Waals surface area contributed by atoms with E-state index in [0.29, 0.717) is 0 Å². The van der Waals surface area contributed by atoms with E-state index in [0.717, 1.165) is 22.5 Å². The van der Waals surface area contributed by atoms with Crippen molar-refractivity contribution in [3.05, 3.63) is 60.3 Å². The summed E-state index contributed by atoms with van der Waals surface area (Å²) in [6.07, 6.45) is 1.80. The van der Waals surface area contributed by atoms with Crippen molar-refractivity contribution in [1.82, 2.24) is 4.98 Å². The Morgan fingerprint density at radius 2 is 1.72 bits per heavy atom. The lowest BCUT2D eigenvalue weighted by molar-refractivity contribution is 1.29. The Labute approximate surface area is 106 Å². The van der Waals surface area contributed by atoms with Gasteiger partial charge in [0.05, 0.1) is 11.4 Å². The number of fused-ring (bicyclic) bond motifs is 1. The first-order chi connectivity index (χ1) is 8.75. The van der Waals surface area contributed by atoms with Crippen molar-refractivity contribution in [2.24, 2.45) is 0 Å². The molecule has 0 bridgehead atoms. The molecular weight excluding hydrogens is 220 g/mol. The average Bonchev–Trinajstić information content (AvgIpc) is 2.41. The molecule has 0 unspecified atom stereocenters. The van der Waals surface area contributed by atoms with Crippen LogP contribution in [-0.2, 0) is 0 Å². The van der Waals surface area contributed by atoms with Gasteiger partial charge in [-0.05, 0) is 35.4 Å². The topological polar surface area (TPSA) is 38.9 Å². The molecule has 0 fully saturated rings. The van der Waals surface area contributed by atoms with Crippen LogP contribution in [0.4, 0.5) is 5.69 Å². The minimum absolute atomic E-state index is 0.757. The fourth-order valence-electron chi connectivity index (χ4n) is 2.14. The lowest BCUT2D eigenvalue weighted by Gasteiger charge is -2.08. The fraction of sp³-hybridized carbons (Fsp3) is 0.0625. The summed E-state index contributed by atoms with van der Waals surface area (Å²) in [5.74, 6) is 0. The number of rotatable bonds is 1. The van der Waals surface area contributed by atoms with Gasteiger partial charge in [0, 0.05) is 11.8 Å². The predicted octanol–water partition coefficient (Wildman–Crippen LogP) is 3.79. The van der Waals surface area contributed by atoms with Crippen LogP contribution >= 0.6 is 0 Å². The largest absolute Gasteiger partial charge is 0.397 e. The molecule has 88 valence electrons. The summed E-state index contributed by atoms with van der Waals surface area (Å²) in [4.78, 5) is 4.39. The van der Waals surface area contributed by atoms with E-state index >= 15 is 0 Å². The molecular formula is C16H14N2. The molecule has 2 N–H and O–H groups in total. The van der Waals surface area contributed by atoms with Crippen molar-refractivity contribution in [2.75, 3.05) is 5.73 Å². The fourth-order valence-corrected chi connectivity index (χ4v) is 2.14. The molecule has 0 saturated carbocycles. The van der Waals surface area contributed by atoms with Crippen LogP contribution in [0.15, 0.2) is 54.7 Å². The van der Waals surface area contributed by atoms with Gasteiger partial charge in [-0.25, -0.2) is 0 Å². The molecule has 1 aromatic heterocycles. The second-order valence-corrected chi connectivity index (χ2v) is 4.45. The van der Waals surface area contributed by atoms with Crippen LogP contribution in [0.2, 0.25) is 0 Å². The highest BCUT2D eigenvalue weighted by Crippen LogP contribution is 2.28. The van der Waals surface area contributed by atoms with E-state index in [4.69, 9.17) is 5.73 Å². The highest BCUT2D eigenvalue weighted by atomic mass is 14.7. The molecule has 3 rings (SSSR count). The number of aromatic nitrogens is 1. The molecule has 1 heterocycles. The molecule has 18 heavy (non-hydrogen) atoms. The standard InChI is InChI=1S/C16H14N2/c1-11-8-9-18-16(15(11)17)14-7-6-12-4-2-3-5-13(12)10-14/h2-10H,17H2,1H3. The molecule has 2 nitrogen and oxygen atoms in total. The van der Waals surface area contributed by atoms with Gasteiger partial charge < -0.3 is 5.73 Å². The number of nitrogen functional groups attached to an aromatic ring is 1. The zero-order chi connectivity index (χ0) is 12.5. The lowest BCUT2D eigenvalue weighted by atomic mass is 10.0. The van der Waals surface area contributed by atoms with Crippen molar-refractivity contribution < 1.29 is 0 Å². The van der Waals surface area contributed by atoms with E-state index in [1.165, 1.54) is 10.8 Å². The first-order valence-corrected chi connectivity index (χ1v) is 5.96. The Morgan fingerprint density at radius 3 is 2.56 bits per heavy atom. The second kappa shape index (κ2) is 4.15. The number of hydrogen-bond donors (Lipinski definition) is 1. The third-order valence-corrected chi connectivity index (χ3v) is 3.23. The van der Waals surface area contributed by atoms with E-state index < -0.39 is 0 Å². The SMILES string of the molecule is Cc1ccnc(-c2ccc3ccccc3c2)c1N. The summed E-state index contributed by atoms with van der Waals surface area (Å²) in [6, 6.07) is 16.5. The van der Waals surface area contributed by atoms with Crippen molar-refractivity contribution in [3.63, 3.8) is 0 Å². The minimum atomic E-state index is 0.757. The van der Waals surface area contributed by atoms with Crippen LogP contribution in [0.1, 0.15) is 5.56 Å². The van der Waals surface area contributed by atoms with Crippen LogP contribution in [0.25, 0.3) is 22.0 Å². The number of nitrogens with two attached hydrogens (primary N) is 1. The van der Waals surface area contributed by atoms with E-state index in [1.807, 2.05) is 25.1 Å². The molecule has 0 saturated heterocycles. The van der Waals surface area contributed by atoms with Crippen LogP contribution in [0.5, 0.6) is 0 Å². The van der Waals surface area contributed by atoms with Gasteiger partial charge in [0.15, 0.2) is 0 Å². The van der Waals surface area contributed by atoms with Crippen LogP contribution in [0.3, 0.4) is 0 Å². The Balaban J connectivity index is 2.22. The number of nitrogens with zero attached hydrogens (tertiary/aromatic N) is 1. The third-order valence-electron chi connectivity index (χ3n) is 3.23. The maximum absolute atomic E-state index is 6.10. The van der Waals surface area contributed by atoms with Crippen molar-refractivity contribution in [3.8, 4) is 11.3 Å². The van der Waals surface area contributed by atoms with Gasteiger partial charge in [-0.1, -0.05) is 36.4 Å². The molecule has 0 radical (unpaired) electrons. The van der Waals surface area contributed by atoms with E-state index in [2.05, 4.69) is 35.3 Å². The molecule has 3 aromatic rings. The van der Waals surface area contributed by atoms with Gasteiger partial charge in [0.1, 0.15) is 0 Å². The lowest BCUT2D eigenvalue weighted by Crippen LogP contribution is -1.96.